The van der Waals surface area contributed by atoms with Crippen molar-refractivity contribution in [3.8, 4) is 22.9 Å². The second-order valence-electron chi connectivity index (χ2n) is 9.62. The van der Waals surface area contributed by atoms with E-state index in [1.165, 1.54) is 52.7 Å². The number of halogens is 4. The Kier molecular flexibility index (Phi) is 10.3. The van der Waals surface area contributed by atoms with Gasteiger partial charge in [0.05, 0.1) is 18.5 Å². The second kappa shape index (κ2) is 13.2. The van der Waals surface area contributed by atoms with Crippen LogP contribution in [0, 0.1) is 0 Å². The zero-order valence-corrected chi connectivity index (χ0v) is 22.7. The number of carbonyl (C=O) groups is 1. The van der Waals surface area contributed by atoms with Gasteiger partial charge in [-0.15, -0.1) is 30.7 Å². The number of likely N-dealkylation sites (tertiary alicyclic amines) is 1. The van der Waals surface area contributed by atoms with Crippen LogP contribution in [0.25, 0.3) is 16.8 Å². The number of nitrogens with zero attached hydrogens (tertiary/aromatic N) is 4. The summed E-state index contributed by atoms with van der Waals surface area (Å²) in [5.74, 6) is -0.603. The van der Waals surface area contributed by atoms with Crippen LogP contribution in [0.3, 0.4) is 0 Å². The SMILES string of the molecule is CC(C)NC(=O)Cn1c(-c2cccc(OC(F)(F)F)c2)cn2nc(OCCCN3CCCCC3)cc2c1=O.Cl. The summed E-state index contributed by atoms with van der Waals surface area (Å²) in [7, 11) is 0. The van der Waals surface area contributed by atoms with Gasteiger partial charge >= 0.3 is 6.36 Å². The third kappa shape index (κ3) is 8.37. The molecule has 1 saturated heterocycles. The Morgan fingerprint density at radius 1 is 1.15 bits per heavy atom. The van der Waals surface area contributed by atoms with Crippen molar-refractivity contribution in [2.24, 2.45) is 0 Å². The second-order valence-corrected chi connectivity index (χ2v) is 9.62. The quantitative estimate of drug-likeness (QED) is 0.366. The molecular formula is C26H33ClF3N5O4. The fourth-order valence-corrected chi connectivity index (χ4v) is 4.53. The molecule has 2 aromatic heterocycles. The minimum atomic E-state index is -4.87. The molecule has 1 fully saturated rings. The van der Waals surface area contributed by atoms with Gasteiger partial charge in [0.2, 0.25) is 11.8 Å². The number of piperidine rings is 1. The van der Waals surface area contributed by atoms with Crippen molar-refractivity contribution in [1.29, 1.82) is 0 Å². The van der Waals surface area contributed by atoms with Gasteiger partial charge in [0.25, 0.3) is 5.56 Å². The molecule has 0 atom stereocenters. The fraction of sp³-hybridized carbons (Fsp3) is 0.500. The van der Waals surface area contributed by atoms with Crippen molar-refractivity contribution in [3.05, 3.63) is 46.9 Å². The molecule has 0 radical (unpaired) electrons. The molecule has 3 heterocycles. The maximum Gasteiger partial charge on any atom is 0.573 e. The maximum absolute atomic E-state index is 13.5. The average Bonchev–Trinajstić information content (AvgIpc) is 3.26. The lowest BCUT2D eigenvalue weighted by Crippen LogP contribution is -2.37. The first-order chi connectivity index (χ1) is 18.1. The Labute approximate surface area is 230 Å². The van der Waals surface area contributed by atoms with Crippen LogP contribution in [0.5, 0.6) is 11.6 Å². The summed E-state index contributed by atoms with van der Waals surface area (Å²) < 4.78 is 50.8. The van der Waals surface area contributed by atoms with Crippen LogP contribution in [0.15, 0.2) is 41.3 Å². The molecule has 214 valence electrons. The molecule has 0 spiro atoms. The molecular weight excluding hydrogens is 539 g/mol. The highest BCUT2D eigenvalue weighted by molar-refractivity contribution is 5.85. The molecule has 0 saturated carbocycles. The van der Waals surface area contributed by atoms with Crippen LogP contribution in [0.2, 0.25) is 0 Å². The largest absolute Gasteiger partial charge is 0.573 e. The summed E-state index contributed by atoms with van der Waals surface area (Å²) in [4.78, 5) is 28.4. The normalized spacial score (nSPS) is 14.3. The number of rotatable bonds is 10. The molecule has 1 aliphatic rings. The zero-order chi connectivity index (χ0) is 27.3. The van der Waals surface area contributed by atoms with E-state index in [0.717, 1.165) is 38.2 Å². The summed E-state index contributed by atoms with van der Waals surface area (Å²) in [6, 6.07) is 6.58. The number of carbonyl (C=O) groups excluding carboxylic acids is 1. The molecule has 0 aliphatic carbocycles. The number of hydrogen-bond donors (Lipinski definition) is 1. The number of alkyl halides is 3. The monoisotopic (exact) mass is 571 g/mol. The molecule has 1 amide bonds. The van der Waals surface area contributed by atoms with Gasteiger partial charge in [-0.1, -0.05) is 18.6 Å². The van der Waals surface area contributed by atoms with E-state index < -0.39 is 23.6 Å². The van der Waals surface area contributed by atoms with Gasteiger partial charge < -0.3 is 19.7 Å². The summed E-state index contributed by atoms with van der Waals surface area (Å²) in [6.07, 6.45) is 1.12. The summed E-state index contributed by atoms with van der Waals surface area (Å²) in [6.45, 7) is 6.78. The van der Waals surface area contributed by atoms with Crippen molar-refractivity contribution in [2.75, 3.05) is 26.2 Å². The molecule has 9 nitrogen and oxygen atoms in total. The van der Waals surface area contributed by atoms with Crippen molar-refractivity contribution in [1.82, 2.24) is 24.4 Å². The Morgan fingerprint density at radius 3 is 2.59 bits per heavy atom. The van der Waals surface area contributed by atoms with Crippen LogP contribution >= 0.6 is 12.4 Å². The third-order valence-corrected chi connectivity index (χ3v) is 6.15. The number of amides is 1. The number of ether oxygens (including phenoxy) is 2. The molecule has 39 heavy (non-hydrogen) atoms. The lowest BCUT2D eigenvalue weighted by atomic mass is 10.1. The van der Waals surface area contributed by atoms with E-state index in [1.807, 2.05) is 0 Å². The van der Waals surface area contributed by atoms with Crippen LogP contribution in [0.1, 0.15) is 39.5 Å². The van der Waals surface area contributed by atoms with Gasteiger partial charge in [-0.3, -0.25) is 14.2 Å². The number of nitrogens with one attached hydrogen (secondary N) is 1. The van der Waals surface area contributed by atoms with Crippen molar-refractivity contribution < 1.29 is 27.4 Å². The van der Waals surface area contributed by atoms with Crippen LogP contribution in [-0.2, 0) is 11.3 Å². The van der Waals surface area contributed by atoms with Crippen molar-refractivity contribution in [3.63, 3.8) is 0 Å². The Balaban J connectivity index is 0.00000420. The first-order valence-electron chi connectivity index (χ1n) is 12.7. The van der Waals surface area contributed by atoms with Gasteiger partial charge in [0.15, 0.2) is 0 Å². The zero-order valence-electron chi connectivity index (χ0n) is 21.9. The average molecular weight is 572 g/mol. The Bertz CT molecular complexity index is 1320. The van der Waals surface area contributed by atoms with E-state index in [2.05, 4.69) is 20.1 Å². The lowest BCUT2D eigenvalue weighted by Gasteiger charge is -2.26. The van der Waals surface area contributed by atoms with Crippen molar-refractivity contribution >= 4 is 23.8 Å². The molecule has 1 aromatic carbocycles. The van der Waals surface area contributed by atoms with E-state index in [1.54, 1.807) is 13.8 Å². The third-order valence-electron chi connectivity index (χ3n) is 6.15. The Hall–Kier alpha value is -3.25. The molecule has 0 bridgehead atoms. The molecule has 1 aliphatic heterocycles. The highest BCUT2D eigenvalue weighted by Gasteiger charge is 2.31. The predicted molar refractivity (Wildman–Crippen MR) is 143 cm³/mol. The minimum Gasteiger partial charge on any atom is -0.477 e. The van der Waals surface area contributed by atoms with Gasteiger partial charge in [0, 0.05) is 24.2 Å². The molecule has 0 unspecified atom stereocenters. The number of hydrogen-bond acceptors (Lipinski definition) is 6. The first-order valence-corrected chi connectivity index (χ1v) is 12.7. The van der Waals surface area contributed by atoms with E-state index in [9.17, 15) is 22.8 Å². The van der Waals surface area contributed by atoms with Crippen LogP contribution in [0.4, 0.5) is 13.2 Å². The summed E-state index contributed by atoms with van der Waals surface area (Å²) >= 11 is 0. The van der Waals surface area contributed by atoms with Crippen molar-refractivity contribution in [2.45, 2.75) is 58.5 Å². The van der Waals surface area contributed by atoms with E-state index in [-0.39, 0.29) is 47.6 Å². The predicted octanol–water partition coefficient (Wildman–Crippen LogP) is 4.26. The van der Waals surface area contributed by atoms with Gasteiger partial charge in [-0.25, -0.2) is 4.52 Å². The number of benzene rings is 1. The summed E-state index contributed by atoms with van der Waals surface area (Å²) in [5.41, 5.74) is 0.107. The Morgan fingerprint density at radius 2 is 1.90 bits per heavy atom. The lowest BCUT2D eigenvalue weighted by molar-refractivity contribution is -0.274. The maximum atomic E-state index is 13.5. The van der Waals surface area contributed by atoms with Gasteiger partial charge in [0.1, 0.15) is 17.8 Å². The minimum absolute atomic E-state index is 0. The van der Waals surface area contributed by atoms with E-state index >= 15 is 0 Å². The highest BCUT2D eigenvalue weighted by Crippen LogP contribution is 2.28. The van der Waals surface area contributed by atoms with Gasteiger partial charge in [-0.05, 0) is 58.3 Å². The molecule has 4 rings (SSSR count). The topological polar surface area (TPSA) is 90.1 Å². The molecule has 1 N–H and O–H groups in total. The molecule has 13 heteroatoms. The molecule has 3 aromatic rings. The van der Waals surface area contributed by atoms with Crippen LogP contribution < -0.4 is 20.3 Å². The smallest absolute Gasteiger partial charge is 0.477 e. The number of aromatic nitrogens is 3. The van der Waals surface area contributed by atoms with Crippen LogP contribution in [-0.4, -0.2) is 63.6 Å². The summed E-state index contributed by atoms with van der Waals surface area (Å²) in [5, 5.41) is 7.08. The van der Waals surface area contributed by atoms with Gasteiger partial charge in [-0.2, -0.15) is 0 Å². The van der Waals surface area contributed by atoms with E-state index in [4.69, 9.17) is 4.74 Å². The highest BCUT2D eigenvalue weighted by atomic mass is 35.5. The number of fused-ring (bicyclic) bond motifs is 1. The standard InChI is InChI=1S/C26H32F3N5O4.ClH/c1-18(2)30-23(35)17-33-22(19-8-6-9-20(14-19)38-26(27,28)29)16-34-21(25(33)36)15-24(31-34)37-13-7-12-32-10-4-3-5-11-32;/h6,8-9,14-16,18H,3-5,7,10-13,17H2,1-2H3,(H,30,35);1H. The van der Waals surface area contributed by atoms with E-state index in [0.29, 0.717) is 6.61 Å². The fourth-order valence-electron chi connectivity index (χ4n) is 4.53. The first kappa shape index (κ1) is 30.3.